The van der Waals surface area contributed by atoms with Gasteiger partial charge in [-0.3, -0.25) is 19.9 Å². The maximum absolute atomic E-state index is 12.9. The molecule has 1 amide bonds. The van der Waals surface area contributed by atoms with Crippen LogP contribution in [0.5, 0.6) is 0 Å². The number of hydrogen-bond donors (Lipinski definition) is 0. The first-order valence-electron chi connectivity index (χ1n) is 7.59. The quantitative estimate of drug-likeness (QED) is 0.508. The van der Waals surface area contributed by atoms with E-state index in [-0.39, 0.29) is 30.2 Å². The Kier molecular flexibility index (Phi) is 4.84. The van der Waals surface area contributed by atoms with Crippen molar-refractivity contribution in [3.05, 3.63) is 94.2 Å². The maximum Gasteiger partial charge on any atom is 0.270 e. The predicted molar refractivity (Wildman–Crippen MR) is 89.6 cm³/mol. The molecule has 0 unspecified atom stereocenters. The Morgan fingerprint density at radius 1 is 1.12 bits per heavy atom. The monoisotopic (exact) mass is 337 g/mol. The first-order chi connectivity index (χ1) is 12.1. The van der Waals surface area contributed by atoms with Crippen LogP contribution in [0.25, 0.3) is 0 Å². The van der Waals surface area contributed by atoms with E-state index in [1.54, 1.807) is 35.4 Å². The van der Waals surface area contributed by atoms with Crippen LogP contribution in [-0.2, 0) is 13.1 Å². The van der Waals surface area contributed by atoms with Crippen molar-refractivity contribution in [2.75, 3.05) is 0 Å². The highest BCUT2D eigenvalue weighted by Crippen LogP contribution is 2.18. The summed E-state index contributed by atoms with van der Waals surface area (Å²) in [5.74, 6) is 0.292. The first-order valence-corrected chi connectivity index (χ1v) is 7.59. The number of hydrogen-bond acceptors (Lipinski definition) is 5. The van der Waals surface area contributed by atoms with E-state index in [9.17, 15) is 14.9 Å². The molecule has 0 fully saturated rings. The predicted octanol–water partition coefficient (Wildman–Crippen LogP) is 3.43. The van der Waals surface area contributed by atoms with Crippen molar-refractivity contribution < 1.29 is 14.1 Å². The zero-order valence-corrected chi connectivity index (χ0v) is 13.2. The minimum atomic E-state index is -0.521. The second-order valence-electron chi connectivity index (χ2n) is 5.37. The van der Waals surface area contributed by atoms with Gasteiger partial charge in [0.15, 0.2) is 0 Å². The van der Waals surface area contributed by atoms with E-state index in [1.807, 2.05) is 12.1 Å². The topological polar surface area (TPSA) is 89.5 Å². The van der Waals surface area contributed by atoms with E-state index in [4.69, 9.17) is 4.42 Å². The number of nitrogens with zero attached hydrogens (tertiary/aromatic N) is 3. The number of amides is 1. The molecule has 0 aliphatic carbocycles. The summed E-state index contributed by atoms with van der Waals surface area (Å²) in [4.78, 5) is 29.1. The largest absolute Gasteiger partial charge is 0.467 e. The number of carbonyl (C=O) groups is 1. The average molecular weight is 337 g/mol. The molecule has 7 nitrogen and oxygen atoms in total. The fourth-order valence-electron chi connectivity index (χ4n) is 2.41. The third-order valence-electron chi connectivity index (χ3n) is 3.60. The number of pyridine rings is 1. The highest BCUT2D eigenvalue weighted by molar-refractivity contribution is 5.94. The number of rotatable bonds is 6. The van der Waals surface area contributed by atoms with Crippen LogP contribution in [0.15, 0.2) is 71.5 Å². The van der Waals surface area contributed by atoms with Gasteiger partial charge in [0, 0.05) is 23.9 Å². The van der Waals surface area contributed by atoms with Gasteiger partial charge >= 0.3 is 0 Å². The number of nitro groups is 1. The van der Waals surface area contributed by atoms with Crippen LogP contribution < -0.4 is 0 Å². The molecule has 0 radical (unpaired) electrons. The van der Waals surface area contributed by atoms with Crippen molar-refractivity contribution >= 4 is 11.6 Å². The van der Waals surface area contributed by atoms with Gasteiger partial charge in [-0.25, -0.2) is 0 Å². The third kappa shape index (κ3) is 4.08. The number of aromatic nitrogens is 1. The van der Waals surface area contributed by atoms with Crippen molar-refractivity contribution in [3.63, 3.8) is 0 Å². The molecule has 7 heteroatoms. The Bertz CT molecular complexity index is 863. The molecule has 1 aromatic carbocycles. The van der Waals surface area contributed by atoms with E-state index in [0.29, 0.717) is 11.5 Å². The molecular weight excluding hydrogens is 322 g/mol. The molecule has 0 spiro atoms. The van der Waals surface area contributed by atoms with Gasteiger partial charge in [0.05, 0.1) is 30.0 Å². The second-order valence-corrected chi connectivity index (χ2v) is 5.37. The molecule has 25 heavy (non-hydrogen) atoms. The molecule has 3 rings (SSSR count). The minimum absolute atomic E-state index is 0.123. The molecule has 0 saturated carbocycles. The molecule has 126 valence electrons. The Morgan fingerprint density at radius 3 is 2.68 bits per heavy atom. The zero-order chi connectivity index (χ0) is 17.6. The van der Waals surface area contributed by atoms with Gasteiger partial charge in [0.25, 0.3) is 11.6 Å². The van der Waals surface area contributed by atoms with E-state index >= 15 is 0 Å². The Morgan fingerprint density at radius 2 is 2.00 bits per heavy atom. The second kappa shape index (κ2) is 7.39. The lowest BCUT2D eigenvalue weighted by molar-refractivity contribution is -0.384. The van der Waals surface area contributed by atoms with Crippen LogP contribution in [0, 0.1) is 10.1 Å². The van der Waals surface area contributed by atoms with E-state index in [2.05, 4.69) is 4.98 Å². The van der Waals surface area contributed by atoms with Crippen molar-refractivity contribution in [1.29, 1.82) is 0 Å². The maximum atomic E-state index is 12.9. The molecule has 2 aromatic heterocycles. The smallest absolute Gasteiger partial charge is 0.270 e. The van der Waals surface area contributed by atoms with Crippen molar-refractivity contribution in [2.24, 2.45) is 0 Å². The van der Waals surface area contributed by atoms with Gasteiger partial charge in [-0.15, -0.1) is 0 Å². The van der Waals surface area contributed by atoms with Crippen LogP contribution in [0.4, 0.5) is 5.69 Å². The standard InChI is InChI=1S/C18H15N3O4/c22-18(14-5-3-7-16(11-14)21(23)24)20(13-17-8-4-10-25-17)12-15-6-1-2-9-19-15/h1-11H,12-13H2. The molecule has 0 aliphatic heterocycles. The van der Waals surface area contributed by atoms with Gasteiger partial charge < -0.3 is 9.32 Å². The van der Waals surface area contributed by atoms with Gasteiger partial charge in [0.2, 0.25) is 0 Å². The fourth-order valence-corrected chi connectivity index (χ4v) is 2.41. The number of carbonyl (C=O) groups excluding carboxylic acids is 1. The summed E-state index contributed by atoms with van der Waals surface area (Å²) in [7, 11) is 0. The molecule has 0 N–H and O–H groups in total. The van der Waals surface area contributed by atoms with Crippen molar-refractivity contribution in [1.82, 2.24) is 9.88 Å². The van der Waals surface area contributed by atoms with E-state index in [1.165, 1.54) is 24.5 Å². The van der Waals surface area contributed by atoms with Crippen LogP contribution >= 0.6 is 0 Å². The molecule has 0 bridgehead atoms. The normalized spacial score (nSPS) is 10.4. The molecule has 3 aromatic rings. The van der Waals surface area contributed by atoms with Crippen molar-refractivity contribution in [2.45, 2.75) is 13.1 Å². The highest BCUT2D eigenvalue weighted by Gasteiger charge is 2.20. The molecule has 0 saturated heterocycles. The lowest BCUT2D eigenvalue weighted by Crippen LogP contribution is -2.30. The number of non-ortho nitro benzene ring substituents is 1. The Labute approximate surface area is 143 Å². The molecule has 0 aliphatic rings. The van der Waals surface area contributed by atoms with E-state index in [0.717, 1.165) is 0 Å². The minimum Gasteiger partial charge on any atom is -0.467 e. The Hall–Kier alpha value is -3.48. The molecule has 0 atom stereocenters. The zero-order valence-electron chi connectivity index (χ0n) is 13.2. The van der Waals surface area contributed by atoms with Crippen LogP contribution in [0.3, 0.4) is 0 Å². The summed E-state index contributed by atoms with van der Waals surface area (Å²) in [5, 5.41) is 10.9. The van der Waals surface area contributed by atoms with Crippen LogP contribution in [-0.4, -0.2) is 20.7 Å². The molecular formula is C18H15N3O4. The van der Waals surface area contributed by atoms with Crippen molar-refractivity contribution in [3.8, 4) is 0 Å². The van der Waals surface area contributed by atoms with Crippen LogP contribution in [0.1, 0.15) is 21.8 Å². The molecule has 2 heterocycles. The van der Waals surface area contributed by atoms with Gasteiger partial charge in [-0.1, -0.05) is 12.1 Å². The number of benzene rings is 1. The third-order valence-corrected chi connectivity index (χ3v) is 3.60. The summed E-state index contributed by atoms with van der Waals surface area (Å²) in [6.07, 6.45) is 3.18. The summed E-state index contributed by atoms with van der Waals surface area (Å²) < 4.78 is 5.33. The SMILES string of the molecule is O=C(c1cccc([N+](=O)[O-])c1)N(Cc1ccccn1)Cc1ccco1. The van der Waals surface area contributed by atoms with E-state index < -0.39 is 4.92 Å². The lowest BCUT2D eigenvalue weighted by atomic mass is 10.1. The lowest BCUT2D eigenvalue weighted by Gasteiger charge is -2.21. The number of furan rings is 1. The summed E-state index contributed by atoms with van der Waals surface area (Å²) in [6, 6.07) is 14.6. The Balaban J connectivity index is 1.88. The van der Waals surface area contributed by atoms with Gasteiger partial charge in [-0.2, -0.15) is 0 Å². The fraction of sp³-hybridized carbons (Fsp3) is 0.111. The number of nitro benzene ring substituents is 1. The highest BCUT2D eigenvalue weighted by atomic mass is 16.6. The van der Waals surface area contributed by atoms with Gasteiger partial charge in [-0.05, 0) is 30.3 Å². The van der Waals surface area contributed by atoms with Gasteiger partial charge in [0.1, 0.15) is 5.76 Å². The summed E-state index contributed by atoms with van der Waals surface area (Å²) >= 11 is 0. The summed E-state index contributed by atoms with van der Waals surface area (Å²) in [6.45, 7) is 0.508. The average Bonchev–Trinajstić information content (AvgIpc) is 3.14. The summed E-state index contributed by atoms with van der Waals surface area (Å²) in [5.41, 5.74) is 0.839. The first kappa shape index (κ1) is 16.4. The van der Waals surface area contributed by atoms with Crippen LogP contribution in [0.2, 0.25) is 0 Å².